The monoisotopic (exact) mass is 692 g/mol. The first-order valence-electron chi connectivity index (χ1n) is 15.2. The number of nitrogens with two attached hydrogens (primary N) is 1. The van der Waals surface area contributed by atoms with E-state index in [9.17, 15) is 5.11 Å². The first kappa shape index (κ1) is 29.8. The Balaban J connectivity index is 1.10. The highest BCUT2D eigenvalue weighted by molar-refractivity contribution is 7.18. The molecule has 1 unspecified atom stereocenters. The first-order chi connectivity index (χ1) is 22.4. The lowest BCUT2D eigenvalue weighted by molar-refractivity contribution is 0.182. The van der Waals surface area contributed by atoms with E-state index in [0.717, 1.165) is 60.5 Å². The molecule has 6 aromatic rings. The van der Waals surface area contributed by atoms with Gasteiger partial charge in [-0.15, -0.1) is 22.7 Å². The number of aryl methyl sites for hydroxylation is 2. The fourth-order valence-electron chi connectivity index (χ4n) is 6.27. The number of fused-ring (bicyclic) bond motifs is 2. The van der Waals surface area contributed by atoms with Crippen LogP contribution in [0.4, 0.5) is 27.7 Å². The maximum absolute atomic E-state index is 10.2. The van der Waals surface area contributed by atoms with Crippen LogP contribution in [0, 0.1) is 13.8 Å². The fraction of sp³-hybridized carbons (Fsp3) is 0.400. The molecular weight excluding hydrogens is 661 g/mol. The average Bonchev–Trinajstić information content (AvgIpc) is 3.86. The second-order valence-corrected chi connectivity index (χ2v) is 15.3. The third-order valence-electron chi connectivity index (χ3n) is 8.39. The van der Waals surface area contributed by atoms with Crippen molar-refractivity contribution in [1.29, 1.82) is 0 Å². The zero-order chi connectivity index (χ0) is 31.4. The molecule has 5 N–H and O–H groups in total. The number of aliphatic hydroxyl groups is 1. The Bertz CT molecular complexity index is 2010. The number of hydrogen-bond donors (Lipinski definition) is 4. The SMILES string of the molecule is Cc1cc(Nc2nc(O[C@H]3CC(N(c4nc(N[C@H]5CC[C@H](O)C5)c5sccc5n4)c4cc(C)ns4)[C@@H](N)C3)c3sccc3n2)sn1. The van der Waals surface area contributed by atoms with Gasteiger partial charge in [0.25, 0.3) is 0 Å². The van der Waals surface area contributed by atoms with E-state index >= 15 is 0 Å². The lowest BCUT2D eigenvalue weighted by atomic mass is 10.1. The number of aliphatic hydroxyl groups excluding tert-OH is 1. The molecule has 2 saturated carbocycles. The van der Waals surface area contributed by atoms with Crippen molar-refractivity contribution in [3.05, 3.63) is 46.4 Å². The molecule has 12 nitrogen and oxygen atoms in total. The Labute approximate surface area is 281 Å². The highest BCUT2D eigenvalue weighted by Crippen LogP contribution is 2.40. The van der Waals surface area contributed by atoms with Crippen LogP contribution >= 0.6 is 45.7 Å². The molecule has 46 heavy (non-hydrogen) atoms. The summed E-state index contributed by atoms with van der Waals surface area (Å²) < 4.78 is 17.5. The van der Waals surface area contributed by atoms with Crippen molar-refractivity contribution in [3.63, 3.8) is 0 Å². The summed E-state index contributed by atoms with van der Waals surface area (Å²) in [6, 6.07) is 7.84. The maximum Gasteiger partial charge on any atom is 0.236 e. The van der Waals surface area contributed by atoms with Gasteiger partial charge in [-0.2, -0.15) is 18.7 Å². The van der Waals surface area contributed by atoms with E-state index in [4.69, 9.17) is 30.4 Å². The molecule has 16 heteroatoms. The van der Waals surface area contributed by atoms with E-state index in [2.05, 4.69) is 30.3 Å². The summed E-state index contributed by atoms with van der Waals surface area (Å²) >= 11 is 5.96. The van der Waals surface area contributed by atoms with E-state index in [0.29, 0.717) is 37.0 Å². The molecule has 6 heterocycles. The van der Waals surface area contributed by atoms with Gasteiger partial charge in [0.15, 0.2) is 0 Å². The van der Waals surface area contributed by atoms with Gasteiger partial charge in [-0.1, -0.05) is 0 Å². The molecule has 0 amide bonds. The summed E-state index contributed by atoms with van der Waals surface area (Å²) in [4.78, 5) is 21.8. The first-order valence-corrected chi connectivity index (χ1v) is 18.5. The van der Waals surface area contributed by atoms with Crippen molar-refractivity contribution in [2.75, 3.05) is 15.5 Å². The quantitative estimate of drug-likeness (QED) is 0.133. The van der Waals surface area contributed by atoms with Crippen molar-refractivity contribution in [2.45, 2.75) is 76.3 Å². The molecule has 0 radical (unpaired) electrons. The van der Waals surface area contributed by atoms with Gasteiger partial charge in [-0.3, -0.25) is 4.90 Å². The number of ether oxygens (including phenoxy) is 1. The summed E-state index contributed by atoms with van der Waals surface area (Å²) in [5, 5.41) is 22.9. The van der Waals surface area contributed by atoms with Gasteiger partial charge in [0.2, 0.25) is 17.8 Å². The molecule has 0 aromatic carbocycles. The molecular formula is C30H32N10O2S4. The van der Waals surface area contributed by atoms with Gasteiger partial charge >= 0.3 is 0 Å². The van der Waals surface area contributed by atoms with Crippen molar-refractivity contribution in [1.82, 2.24) is 28.7 Å². The topological polar surface area (TPSA) is 160 Å². The van der Waals surface area contributed by atoms with Crippen molar-refractivity contribution >= 4 is 93.9 Å². The highest BCUT2D eigenvalue weighted by Gasteiger charge is 2.40. The molecule has 2 aliphatic rings. The summed E-state index contributed by atoms with van der Waals surface area (Å²) in [5.74, 6) is 2.38. The van der Waals surface area contributed by atoms with E-state index in [1.165, 1.54) is 23.1 Å². The Kier molecular flexibility index (Phi) is 7.94. The van der Waals surface area contributed by atoms with Crippen molar-refractivity contribution in [2.24, 2.45) is 5.73 Å². The van der Waals surface area contributed by atoms with Gasteiger partial charge in [0.1, 0.15) is 26.6 Å². The van der Waals surface area contributed by atoms with Gasteiger partial charge < -0.3 is 26.2 Å². The van der Waals surface area contributed by atoms with Gasteiger partial charge in [-0.05, 0) is 91.2 Å². The van der Waals surface area contributed by atoms with Crippen LogP contribution in [0.25, 0.3) is 20.4 Å². The van der Waals surface area contributed by atoms with Crippen LogP contribution in [0.1, 0.15) is 43.5 Å². The normalized spacial score (nSPS) is 23.0. The minimum absolute atomic E-state index is 0.138. The maximum atomic E-state index is 10.2. The Morgan fingerprint density at radius 3 is 2.43 bits per heavy atom. The van der Waals surface area contributed by atoms with Crippen LogP contribution in [0.3, 0.4) is 0 Å². The summed E-state index contributed by atoms with van der Waals surface area (Å²) in [7, 11) is 0. The predicted molar refractivity (Wildman–Crippen MR) is 187 cm³/mol. The standard InChI is InChI=1S/C30H32N10O2S4/c1-14-9-23(45-38-14)35-29-33-21-6-8-44-26(21)28(37-29)42-18-12-19(31)22(13-18)40(24-10-15(2)39-46-24)30-34-20-5-7-43-25(20)27(36-30)32-16-3-4-17(41)11-16/h5-10,16-19,22,41H,3-4,11-13,31H2,1-2H3,(H,32,34,36)(H,33,35,37)/t16-,17-,18+,19-,22?/m0/s1. The van der Waals surface area contributed by atoms with E-state index in [1.54, 1.807) is 22.7 Å². The van der Waals surface area contributed by atoms with Crippen LogP contribution in [0.15, 0.2) is 35.0 Å². The van der Waals surface area contributed by atoms with Crippen molar-refractivity contribution in [3.8, 4) is 5.88 Å². The molecule has 238 valence electrons. The summed E-state index contributed by atoms with van der Waals surface area (Å²) in [6.45, 7) is 3.94. The van der Waals surface area contributed by atoms with Crippen LogP contribution in [-0.2, 0) is 0 Å². The third kappa shape index (κ3) is 5.89. The fourth-order valence-corrected chi connectivity index (χ4v) is 9.29. The van der Waals surface area contributed by atoms with E-state index in [1.807, 2.05) is 42.8 Å². The highest BCUT2D eigenvalue weighted by atomic mass is 32.1. The predicted octanol–water partition coefficient (Wildman–Crippen LogP) is 6.37. The summed E-state index contributed by atoms with van der Waals surface area (Å²) in [5.41, 5.74) is 10.5. The Morgan fingerprint density at radius 1 is 0.913 bits per heavy atom. The van der Waals surface area contributed by atoms with Gasteiger partial charge in [-0.25, -0.2) is 9.97 Å². The number of nitrogens with one attached hydrogen (secondary N) is 2. The molecule has 6 aromatic heterocycles. The largest absolute Gasteiger partial charge is 0.473 e. The van der Waals surface area contributed by atoms with Crippen LogP contribution in [0.2, 0.25) is 0 Å². The number of nitrogens with zero attached hydrogens (tertiary/aromatic N) is 7. The Morgan fingerprint density at radius 2 is 1.70 bits per heavy atom. The third-order valence-corrected chi connectivity index (χ3v) is 11.9. The van der Waals surface area contributed by atoms with Gasteiger partial charge in [0, 0.05) is 24.9 Å². The second-order valence-electron chi connectivity index (χ2n) is 11.9. The molecule has 0 spiro atoms. The molecule has 0 bridgehead atoms. The van der Waals surface area contributed by atoms with Crippen LogP contribution < -0.4 is 26.0 Å². The molecule has 0 aliphatic heterocycles. The number of aromatic nitrogens is 6. The smallest absolute Gasteiger partial charge is 0.236 e. The number of thiophene rings is 2. The number of hydrogen-bond acceptors (Lipinski definition) is 16. The zero-order valence-corrected chi connectivity index (χ0v) is 28.3. The molecule has 2 aliphatic carbocycles. The number of anilines is 5. The molecule has 0 saturated heterocycles. The number of rotatable bonds is 9. The Hall–Kier alpha value is -3.54. The van der Waals surface area contributed by atoms with Crippen LogP contribution in [-0.4, -0.2) is 64.1 Å². The minimum Gasteiger partial charge on any atom is -0.473 e. The summed E-state index contributed by atoms with van der Waals surface area (Å²) in [6.07, 6.45) is 3.22. The van der Waals surface area contributed by atoms with Crippen LogP contribution in [0.5, 0.6) is 5.88 Å². The lowest BCUT2D eigenvalue weighted by Crippen LogP contribution is -2.42. The van der Waals surface area contributed by atoms with Crippen molar-refractivity contribution < 1.29 is 9.84 Å². The molecule has 5 atom stereocenters. The zero-order valence-electron chi connectivity index (χ0n) is 25.1. The van der Waals surface area contributed by atoms with E-state index in [-0.39, 0.29) is 30.3 Å². The van der Waals surface area contributed by atoms with Gasteiger partial charge in [0.05, 0.1) is 39.3 Å². The molecule has 2 fully saturated rings. The second kappa shape index (κ2) is 12.2. The lowest BCUT2D eigenvalue weighted by Gasteiger charge is -2.30. The average molecular weight is 693 g/mol. The van der Waals surface area contributed by atoms with E-state index < -0.39 is 0 Å². The minimum atomic E-state index is -0.281. The molecule has 8 rings (SSSR count).